The van der Waals surface area contributed by atoms with Crippen LogP contribution in [0.25, 0.3) is 22.6 Å². The van der Waals surface area contributed by atoms with Gasteiger partial charge in [0.25, 0.3) is 0 Å². The van der Waals surface area contributed by atoms with Crippen molar-refractivity contribution in [1.82, 2.24) is 19.5 Å². The summed E-state index contributed by atoms with van der Waals surface area (Å²) in [6, 6.07) is 7.57. The standard InChI is InChI=1S/C15H18N6O2/c1-3-21-14-11(13(20-16)19-15(21)22)17-12(18-14)9-7-5-6-8-10(9)23-4-2/h5-8H,3-4,16H2,1-2H3,(H,17,18)(H,19,20,22). The fraction of sp³-hybridized carbons (Fsp3) is 0.267. The Labute approximate surface area is 132 Å². The van der Waals surface area contributed by atoms with Crippen molar-refractivity contribution < 1.29 is 4.74 Å². The van der Waals surface area contributed by atoms with Crippen LogP contribution in [0.1, 0.15) is 13.8 Å². The number of H-pyrrole nitrogens is 1. The highest BCUT2D eigenvalue weighted by Crippen LogP contribution is 2.30. The molecule has 0 spiro atoms. The average Bonchev–Trinajstić information content (AvgIpc) is 2.99. The van der Waals surface area contributed by atoms with E-state index in [9.17, 15) is 4.79 Å². The van der Waals surface area contributed by atoms with Gasteiger partial charge in [-0.05, 0) is 26.0 Å². The number of hydrazine groups is 1. The van der Waals surface area contributed by atoms with Gasteiger partial charge < -0.3 is 15.1 Å². The minimum atomic E-state index is -0.399. The van der Waals surface area contributed by atoms with E-state index < -0.39 is 5.69 Å². The molecule has 120 valence electrons. The molecule has 0 aliphatic carbocycles. The SMILES string of the molecule is CCOc1ccccc1-c1nc2c([nH]1)c(NN)nc(=O)n2CC. The Kier molecular flexibility index (Phi) is 3.98. The third-order valence-electron chi connectivity index (χ3n) is 3.51. The molecular weight excluding hydrogens is 296 g/mol. The summed E-state index contributed by atoms with van der Waals surface area (Å²) in [5, 5.41) is 0. The molecule has 8 heteroatoms. The zero-order valence-electron chi connectivity index (χ0n) is 13.0. The molecule has 2 aromatic heterocycles. The number of imidazole rings is 1. The lowest BCUT2D eigenvalue weighted by Crippen LogP contribution is -2.25. The summed E-state index contributed by atoms with van der Waals surface area (Å²) in [5.41, 5.74) is 3.93. The van der Waals surface area contributed by atoms with E-state index in [0.717, 1.165) is 11.3 Å². The topological polar surface area (TPSA) is 111 Å². The molecule has 2 heterocycles. The Morgan fingerprint density at radius 2 is 2.09 bits per heavy atom. The number of aromatic amines is 1. The first-order valence-electron chi connectivity index (χ1n) is 7.39. The van der Waals surface area contributed by atoms with Gasteiger partial charge in [0, 0.05) is 6.54 Å². The number of ether oxygens (including phenoxy) is 1. The maximum atomic E-state index is 12.0. The molecule has 8 nitrogen and oxygen atoms in total. The van der Waals surface area contributed by atoms with Crippen LogP contribution in [0.15, 0.2) is 29.1 Å². The minimum Gasteiger partial charge on any atom is -0.493 e. The number of anilines is 1. The monoisotopic (exact) mass is 314 g/mol. The molecule has 4 N–H and O–H groups in total. The van der Waals surface area contributed by atoms with Crippen LogP contribution in [0.5, 0.6) is 5.75 Å². The summed E-state index contributed by atoms with van der Waals surface area (Å²) in [6.07, 6.45) is 0. The normalized spacial score (nSPS) is 10.9. The molecule has 0 aliphatic heterocycles. The first kappa shape index (κ1) is 15.0. The summed E-state index contributed by atoms with van der Waals surface area (Å²) < 4.78 is 7.13. The first-order chi connectivity index (χ1) is 11.2. The van der Waals surface area contributed by atoms with Crippen molar-refractivity contribution in [3.05, 3.63) is 34.7 Å². The van der Waals surface area contributed by atoms with E-state index >= 15 is 0 Å². The number of hydrogen-bond acceptors (Lipinski definition) is 6. The molecule has 3 rings (SSSR count). The van der Waals surface area contributed by atoms with Crippen LogP contribution in [0.2, 0.25) is 0 Å². The number of fused-ring (bicyclic) bond motifs is 1. The third-order valence-corrected chi connectivity index (χ3v) is 3.51. The summed E-state index contributed by atoms with van der Waals surface area (Å²) in [6.45, 7) is 4.80. The number of nitrogens with one attached hydrogen (secondary N) is 2. The van der Waals surface area contributed by atoms with Gasteiger partial charge in [-0.1, -0.05) is 12.1 Å². The maximum Gasteiger partial charge on any atom is 0.351 e. The molecule has 0 unspecified atom stereocenters. The van der Waals surface area contributed by atoms with Gasteiger partial charge in [-0.2, -0.15) is 4.98 Å². The van der Waals surface area contributed by atoms with Crippen molar-refractivity contribution in [2.24, 2.45) is 5.84 Å². The molecule has 0 amide bonds. The van der Waals surface area contributed by atoms with Gasteiger partial charge in [-0.3, -0.25) is 4.57 Å². The quantitative estimate of drug-likeness (QED) is 0.486. The first-order valence-corrected chi connectivity index (χ1v) is 7.39. The zero-order chi connectivity index (χ0) is 16.4. The van der Waals surface area contributed by atoms with E-state index in [-0.39, 0.29) is 5.82 Å². The van der Waals surface area contributed by atoms with Gasteiger partial charge >= 0.3 is 5.69 Å². The van der Waals surface area contributed by atoms with Crippen molar-refractivity contribution >= 4 is 17.0 Å². The molecule has 0 aliphatic rings. The number of aryl methyl sites for hydroxylation is 1. The van der Waals surface area contributed by atoms with Crippen molar-refractivity contribution in [2.45, 2.75) is 20.4 Å². The number of nitrogen functional groups attached to an aromatic ring is 1. The van der Waals surface area contributed by atoms with E-state index in [2.05, 4.69) is 20.4 Å². The number of hydrogen-bond donors (Lipinski definition) is 3. The second-order valence-corrected chi connectivity index (χ2v) is 4.84. The van der Waals surface area contributed by atoms with Crippen LogP contribution in [-0.4, -0.2) is 26.1 Å². The Hall–Kier alpha value is -2.87. The van der Waals surface area contributed by atoms with E-state index in [1.165, 1.54) is 4.57 Å². The molecule has 1 aromatic carbocycles. The Morgan fingerprint density at radius 1 is 1.30 bits per heavy atom. The molecule has 0 saturated carbocycles. The van der Waals surface area contributed by atoms with Gasteiger partial charge in [0.2, 0.25) is 0 Å². The fourth-order valence-corrected chi connectivity index (χ4v) is 2.49. The second kappa shape index (κ2) is 6.09. The largest absolute Gasteiger partial charge is 0.493 e. The summed E-state index contributed by atoms with van der Waals surface area (Å²) in [5.74, 6) is 7.04. The van der Waals surface area contributed by atoms with Crippen LogP contribution in [0.3, 0.4) is 0 Å². The van der Waals surface area contributed by atoms with Crippen molar-refractivity contribution in [1.29, 1.82) is 0 Å². The van der Waals surface area contributed by atoms with Gasteiger partial charge in [-0.25, -0.2) is 15.6 Å². The van der Waals surface area contributed by atoms with E-state index in [0.29, 0.717) is 30.1 Å². The van der Waals surface area contributed by atoms with Gasteiger partial charge in [-0.15, -0.1) is 0 Å². The number of rotatable bonds is 5. The zero-order valence-corrected chi connectivity index (χ0v) is 13.0. The molecule has 0 bridgehead atoms. The van der Waals surface area contributed by atoms with Crippen LogP contribution >= 0.6 is 0 Å². The van der Waals surface area contributed by atoms with Gasteiger partial charge in [0.05, 0.1) is 12.2 Å². The Balaban J connectivity index is 2.27. The highest BCUT2D eigenvalue weighted by atomic mass is 16.5. The summed E-state index contributed by atoms with van der Waals surface area (Å²) in [4.78, 5) is 23.7. The molecule has 0 radical (unpaired) electrons. The van der Waals surface area contributed by atoms with Gasteiger partial charge in [0.1, 0.15) is 17.1 Å². The maximum absolute atomic E-state index is 12.0. The number of aromatic nitrogens is 4. The highest BCUT2D eigenvalue weighted by molar-refractivity contribution is 5.86. The number of para-hydroxylation sites is 1. The molecular formula is C15H18N6O2. The molecule has 0 atom stereocenters. The lowest BCUT2D eigenvalue weighted by Gasteiger charge is -2.07. The Bertz CT molecular complexity index is 899. The van der Waals surface area contributed by atoms with Crippen LogP contribution in [-0.2, 0) is 6.54 Å². The van der Waals surface area contributed by atoms with E-state index in [4.69, 9.17) is 10.6 Å². The second-order valence-electron chi connectivity index (χ2n) is 4.84. The number of nitrogens with two attached hydrogens (primary N) is 1. The Morgan fingerprint density at radius 3 is 2.78 bits per heavy atom. The van der Waals surface area contributed by atoms with E-state index in [1.807, 2.05) is 38.1 Å². The lowest BCUT2D eigenvalue weighted by molar-refractivity contribution is 0.341. The van der Waals surface area contributed by atoms with Crippen LogP contribution in [0, 0.1) is 0 Å². The molecule has 3 aromatic rings. The smallest absolute Gasteiger partial charge is 0.351 e. The minimum absolute atomic E-state index is 0.266. The highest BCUT2D eigenvalue weighted by Gasteiger charge is 2.16. The van der Waals surface area contributed by atoms with Gasteiger partial charge in [0.15, 0.2) is 11.5 Å². The third kappa shape index (κ3) is 2.53. The average molecular weight is 314 g/mol. The lowest BCUT2D eigenvalue weighted by atomic mass is 10.2. The molecule has 0 saturated heterocycles. The molecule has 0 fully saturated rings. The van der Waals surface area contributed by atoms with E-state index in [1.54, 1.807) is 0 Å². The van der Waals surface area contributed by atoms with Crippen molar-refractivity contribution in [3.8, 4) is 17.1 Å². The summed E-state index contributed by atoms with van der Waals surface area (Å²) in [7, 11) is 0. The predicted molar refractivity (Wildman–Crippen MR) is 88.2 cm³/mol. The van der Waals surface area contributed by atoms with Crippen molar-refractivity contribution in [3.63, 3.8) is 0 Å². The number of nitrogens with zero attached hydrogens (tertiary/aromatic N) is 3. The van der Waals surface area contributed by atoms with Crippen LogP contribution < -0.4 is 21.7 Å². The molecule has 23 heavy (non-hydrogen) atoms. The van der Waals surface area contributed by atoms with Crippen molar-refractivity contribution in [2.75, 3.05) is 12.0 Å². The summed E-state index contributed by atoms with van der Waals surface area (Å²) >= 11 is 0. The van der Waals surface area contributed by atoms with Crippen LogP contribution in [0.4, 0.5) is 5.82 Å². The number of benzene rings is 1. The fourth-order valence-electron chi connectivity index (χ4n) is 2.49. The predicted octanol–water partition coefficient (Wildman–Crippen LogP) is 1.49.